The third-order valence-corrected chi connectivity index (χ3v) is 9.19. The molecule has 4 heteroatoms. The first kappa shape index (κ1) is 31.0. The summed E-state index contributed by atoms with van der Waals surface area (Å²) >= 11 is 0. The zero-order valence-electron chi connectivity index (χ0n) is 26.7. The molecule has 0 spiro atoms. The molecule has 0 atom stereocenters. The van der Waals surface area contributed by atoms with Crippen LogP contribution in [0.4, 0.5) is 5.69 Å². The Morgan fingerprint density at radius 1 is 0.955 bits per heavy atom. The Kier molecular flexibility index (Phi) is 9.79. The van der Waals surface area contributed by atoms with Crippen molar-refractivity contribution in [3.63, 3.8) is 0 Å². The van der Waals surface area contributed by atoms with Gasteiger partial charge in [-0.25, -0.2) is 0 Å². The molecule has 0 aliphatic heterocycles. The van der Waals surface area contributed by atoms with Gasteiger partial charge in [0.05, 0.1) is 5.69 Å². The Morgan fingerprint density at radius 2 is 1.64 bits per heavy atom. The highest BCUT2D eigenvalue weighted by molar-refractivity contribution is 6.08. The number of nitrogens with one attached hydrogen (secondary N) is 1. The molecule has 0 saturated heterocycles. The number of hydrogen-bond donors (Lipinski definition) is 2. The number of rotatable bonds is 12. The SMILES string of the molecule is C=Cc1ccc(NC2CC(Cc3ccc(C(C)(C)c4ccc(CCc5cccc(C(C=NC)=CN)n5)cc4)cc3)C2)cc1C. The number of nitrogens with zero attached hydrogens (tertiary/aromatic N) is 2. The van der Waals surface area contributed by atoms with Crippen LogP contribution < -0.4 is 11.1 Å². The molecule has 44 heavy (non-hydrogen) atoms. The van der Waals surface area contributed by atoms with E-state index in [9.17, 15) is 0 Å². The van der Waals surface area contributed by atoms with Crippen molar-refractivity contribution in [3.8, 4) is 0 Å². The Morgan fingerprint density at radius 3 is 2.25 bits per heavy atom. The molecule has 0 amide bonds. The molecule has 5 rings (SSSR count). The molecule has 3 aromatic carbocycles. The number of aryl methyl sites for hydroxylation is 3. The molecule has 1 aliphatic rings. The third kappa shape index (κ3) is 7.37. The molecule has 0 unspecified atom stereocenters. The summed E-state index contributed by atoms with van der Waals surface area (Å²) in [6, 6.07) is 31.6. The lowest BCUT2D eigenvalue weighted by atomic mass is 9.75. The van der Waals surface area contributed by atoms with E-state index in [1.165, 1.54) is 51.9 Å². The van der Waals surface area contributed by atoms with E-state index < -0.39 is 0 Å². The Labute approximate surface area is 263 Å². The molecule has 226 valence electrons. The number of aliphatic imine (C=N–C) groups is 1. The second kappa shape index (κ2) is 13.9. The molecule has 1 heterocycles. The second-order valence-electron chi connectivity index (χ2n) is 12.7. The van der Waals surface area contributed by atoms with Crippen molar-refractivity contribution in [2.45, 2.75) is 64.3 Å². The summed E-state index contributed by atoms with van der Waals surface area (Å²) < 4.78 is 0. The van der Waals surface area contributed by atoms with Gasteiger partial charge in [0.25, 0.3) is 0 Å². The van der Waals surface area contributed by atoms with Gasteiger partial charge in [-0.3, -0.25) is 9.98 Å². The maximum absolute atomic E-state index is 5.77. The zero-order valence-corrected chi connectivity index (χ0v) is 26.7. The van der Waals surface area contributed by atoms with Crippen LogP contribution in [-0.2, 0) is 24.7 Å². The van der Waals surface area contributed by atoms with Crippen LogP contribution >= 0.6 is 0 Å². The molecule has 1 saturated carbocycles. The van der Waals surface area contributed by atoms with Crippen LogP contribution in [0, 0.1) is 12.8 Å². The van der Waals surface area contributed by atoms with Crippen molar-refractivity contribution in [2.75, 3.05) is 12.4 Å². The fraction of sp³-hybridized carbons (Fsp3) is 0.300. The standard InChI is InChI=1S/C40H46N4/c1-6-32-15-21-37(22-28(32)2)43-38-24-31(25-38)23-30-12-18-35(19-13-30)40(3,4)34-16-10-29(11-17-34)14-20-36-8-7-9-39(44-36)33(26-41)27-42-5/h6-13,15-19,21-22,26-27,31,38,43H,1,14,20,23-25,41H2,2-5H3. The first-order chi connectivity index (χ1) is 21.3. The van der Waals surface area contributed by atoms with Gasteiger partial charge in [0, 0.05) is 47.9 Å². The van der Waals surface area contributed by atoms with E-state index in [1.54, 1.807) is 19.5 Å². The van der Waals surface area contributed by atoms with Gasteiger partial charge in [-0.15, -0.1) is 0 Å². The highest BCUT2D eigenvalue weighted by Crippen LogP contribution is 2.35. The minimum Gasteiger partial charge on any atom is -0.404 e. The fourth-order valence-corrected chi connectivity index (χ4v) is 6.28. The van der Waals surface area contributed by atoms with Crippen LogP contribution in [0.5, 0.6) is 0 Å². The maximum Gasteiger partial charge on any atom is 0.0735 e. The highest BCUT2D eigenvalue weighted by atomic mass is 14.9. The van der Waals surface area contributed by atoms with Gasteiger partial charge < -0.3 is 11.1 Å². The molecule has 1 aromatic heterocycles. The van der Waals surface area contributed by atoms with Crippen molar-refractivity contribution in [1.29, 1.82) is 0 Å². The Balaban J connectivity index is 1.13. The summed E-state index contributed by atoms with van der Waals surface area (Å²) in [4.78, 5) is 8.87. The summed E-state index contributed by atoms with van der Waals surface area (Å²) in [5.41, 5.74) is 17.6. The molecule has 1 fully saturated rings. The summed E-state index contributed by atoms with van der Waals surface area (Å²) in [5.74, 6) is 0.745. The predicted octanol–water partition coefficient (Wildman–Crippen LogP) is 8.58. The van der Waals surface area contributed by atoms with Crippen LogP contribution in [0.3, 0.4) is 0 Å². The summed E-state index contributed by atoms with van der Waals surface area (Å²) in [5, 5.41) is 3.72. The second-order valence-corrected chi connectivity index (χ2v) is 12.7. The number of allylic oxidation sites excluding steroid dienone is 1. The van der Waals surface area contributed by atoms with E-state index >= 15 is 0 Å². The van der Waals surface area contributed by atoms with E-state index in [0.29, 0.717) is 6.04 Å². The van der Waals surface area contributed by atoms with Crippen molar-refractivity contribution >= 4 is 23.6 Å². The number of anilines is 1. The molecular weight excluding hydrogens is 536 g/mol. The fourth-order valence-electron chi connectivity index (χ4n) is 6.28. The largest absolute Gasteiger partial charge is 0.404 e. The van der Waals surface area contributed by atoms with Crippen LogP contribution in [0.2, 0.25) is 0 Å². The van der Waals surface area contributed by atoms with Crippen LogP contribution in [0.1, 0.15) is 71.5 Å². The number of hydrogen-bond acceptors (Lipinski definition) is 4. The molecule has 4 aromatic rings. The molecule has 0 radical (unpaired) electrons. The van der Waals surface area contributed by atoms with E-state index in [0.717, 1.165) is 42.1 Å². The van der Waals surface area contributed by atoms with Gasteiger partial charge in [-0.05, 0) is 103 Å². The van der Waals surface area contributed by atoms with E-state index in [2.05, 4.69) is 110 Å². The summed E-state index contributed by atoms with van der Waals surface area (Å²) in [7, 11) is 1.74. The Hall–Kier alpha value is -4.44. The van der Waals surface area contributed by atoms with E-state index in [1.807, 2.05) is 18.2 Å². The van der Waals surface area contributed by atoms with Crippen molar-refractivity contribution in [2.24, 2.45) is 16.6 Å². The summed E-state index contributed by atoms with van der Waals surface area (Å²) in [6.07, 6.45) is 10.6. The lowest BCUT2D eigenvalue weighted by Gasteiger charge is -2.37. The average molecular weight is 583 g/mol. The molecule has 4 nitrogen and oxygen atoms in total. The third-order valence-electron chi connectivity index (χ3n) is 9.19. The lowest BCUT2D eigenvalue weighted by molar-refractivity contribution is 0.281. The van der Waals surface area contributed by atoms with Gasteiger partial charge in [-0.2, -0.15) is 0 Å². The lowest BCUT2D eigenvalue weighted by Crippen LogP contribution is -2.36. The van der Waals surface area contributed by atoms with E-state index in [4.69, 9.17) is 10.7 Å². The monoisotopic (exact) mass is 582 g/mol. The zero-order chi connectivity index (χ0) is 31.1. The number of aromatic nitrogens is 1. The van der Waals surface area contributed by atoms with Gasteiger partial charge in [-0.1, -0.05) is 87.2 Å². The molecule has 3 N–H and O–H groups in total. The van der Waals surface area contributed by atoms with Gasteiger partial charge in [0.15, 0.2) is 0 Å². The topological polar surface area (TPSA) is 63.3 Å². The average Bonchev–Trinajstić information content (AvgIpc) is 3.02. The first-order valence-corrected chi connectivity index (χ1v) is 15.8. The minimum atomic E-state index is -0.0660. The van der Waals surface area contributed by atoms with Crippen molar-refractivity contribution in [1.82, 2.24) is 4.98 Å². The van der Waals surface area contributed by atoms with Gasteiger partial charge >= 0.3 is 0 Å². The van der Waals surface area contributed by atoms with Crippen LogP contribution in [-0.4, -0.2) is 24.3 Å². The van der Waals surface area contributed by atoms with Gasteiger partial charge in [0.2, 0.25) is 0 Å². The molecule has 1 aliphatic carbocycles. The minimum absolute atomic E-state index is 0.0660. The van der Waals surface area contributed by atoms with Crippen molar-refractivity contribution < 1.29 is 0 Å². The first-order valence-electron chi connectivity index (χ1n) is 15.8. The number of nitrogens with two attached hydrogens (primary N) is 1. The normalized spacial score (nSPS) is 17.0. The van der Waals surface area contributed by atoms with Crippen LogP contribution in [0.15, 0.2) is 103 Å². The summed E-state index contributed by atoms with van der Waals surface area (Å²) in [6.45, 7) is 10.7. The molecular formula is C40H46N4. The van der Waals surface area contributed by atoms with Crippen molar-refractivity contribution in [3.05, 3.63) is 142 Å². The predicted molar refractivity (Wildman–Crippen MR) is 188 cm³/mol. The quantitative estimate of drug-likeness (QED) is 0.165. The van der Waals surface area contributed by atoms with Gasteiger partial charge in [0.1, 0.15) is 0 Å². The van der Waals surface area contributed by atoms with E-state index in [-0.39, 0.29) is 5.41 Å². The molecule has 0 bridgehead atoms. The highest BCUT2D eigenvalue weighted by Gasteiger charge is 2.29. The number of pyridine rings is 1. The van der Waals surface area contributed by atoms with Crippen LogP contribution in [0.25, 0.3) is 11.6 Å². The smallest absolute Gasteiger partial charge is 0.0735 e. The maximum atomic E-state index is 5.77. The number of benzene rings is 3. The Bertz CT molecular complexity index is 1620.